The van der Waals surface area contributed by atoms with Crippen LogP contribution in [0.3, 0.4) is 0 Å². The molecule has 3 nitrogen and oxygen atoms in total. The minimum Gasteiger partial charge on any atom is -0.481 e. The molecule has 2 aliphatic rings. The van der Waals surface area contributed by atoms with Crippen LogP contribution in [0.2, 0.25) is 0 Å². The van der Waals surface area contributed by atoms with Gasteiger partial charge in [0.05, 0.1) is 5.92 Å². The van der Waals surface area contributed by atoms with Gasteiger partial charge in [0.2, 0.25) is 0 Å². The van der Waals surface area contributed by atoms with Gasteiger partial charge in [-0.05, 0) is 31.7 Å². The normalized spacial score (nSPS) is 42.4. The predicted molar refractivity (Wildman–Crippen MR) is 40.3 cm³/mol. The van der Waals surface area contributed by atoms with Crippen LogP contribution in [0.1, 0.15) is 19.3 Å². The van der Waals surface area contributed by atoms with Crippen molar-refractivity contribution >= 4 is 5.97 Å². The van der Waals surface area contributed by atoms with Gasteiger partial charge in [-0.1, -0.05) is 0 Å². The molecule has 0 aromatic rings. The highest BCUT2D eigenvalue weighted by atomic mass is 16.4. The van der Waals surface area contributed by atoms with Crippen molar-refractivity contribution in [2.75, 3.05) is 6.54 Å². The van der Waals surface area contributed by atoms with Crippen LogP contribution < -0.4 is 5.32 Å². The zero-order chi connectivity index (χ0) is 7.84. The standard InChI is InChI=1S/C8H13NO2/c10-8(11)6-3-5-1-2-9-7(5)4-6/h5-7,9H,1-4H2,(H,10,11). The number of rotatable bonds is 1. The maximum Gasteiger partial charge on any atom is 0.306 e. The summed E-state index contributed by atoms with van der Waals surface area (Å²) in [5, 5.41) is 12.1. The average molecular weight is 155 g/mol. The van der Waals surface area contributed by atoms with Crippen molar-refractivity contribution in [3.8, 4) is 0 Å². The first-order valence-electron chi connectivity index (χ1n) is 4.23. The quantitative estimate of drug-likeness (QED) is 0.578. The highest BCUT2D eigenvalue weighted by molar-refractivity contribution is 5.70. The third-order valence-corrected chi connectivity index (χ3v) is 2.97. The number of carboxylic acids is 1. The molecule has 62 valence electrons. The largest absolute Gasteiger partial charge is 0.481 e. The lowest BCUT2D eigenvalue weighted by Gasteiger charge is -2.05. The number of fused-ring (bicyclic) bond motifs is 1. The minimum atomic E-state index is -0.610. The summed E-state index contributed by atoms with van der Waals surface area (Å²) in [6.45, 7) is 1.08. The van der Waals surface area contributed by atoms with Crippen LogP contribution in [0.4, 0.5) is 0 Å². The molecule has 0 bridgehead atoms. The predicted octanol–water partition coefficient (Wildman–Crippen LogP) is 0.459. The van der Waals surface area contributed by atoms with Gasteiger partial charge in [-0.2, -0.15) is 0 Å². The van der Waals surface area contributed by atoms with Crippen molar-refractivity contribution in [1.29, 1.82) is 0 Å². The average Bonchev–Trinajstić information content (AvgIpc) is 2.40. The van der Waals surface area contributed by atoms with Gasteiger partial charge >= 0.3 is 5.97 Å². The second kappa shape index (κ2) is 2.48. The molecule has 1 aliphatic heterocycles. The summed E-state index contributed by atoms with van der Waals surface area (Å²) in [7, 11) is 0. The number of carboxylic acid groups (broad SMARTS) is 1. The Balaban J connectivity index is 1.99. The van der Waals surface area contributed by atoms with Crippen LogP contribution >= 0.6 is 0 Å². The van der Waals surface area contributed by atoms with Crippen LogP contribution in [0, 0.1) is 11.8 Å². The van der Waals surface area contributed by atoms with E-state index in [1.165, 1.54) is 6.42 Å². The molecule has 3 unspecified atom stereocenters. The van der Waals surface area contributed by atoms with E-state index in [2.05, 4.69) is 5.32 Å². The SMILES string of the molecule is O=C(O)C1CC2CCNC2C1. The first kappa shape index (κ1) is 7.10. The first-order chi connectivity index (χ1) is 5.27. The molecule has 3 heteroatoms. The highest BCUT2D eigenvalue weighted by Gasteiger charge is 2.39. The fraction of sp³-hybridized carbons (Fsp3) is 0.875. The molecule has 0 aromatic heterocycles. The summed E-state index contributed by atoms with van der Waals surface area (Å²) >= 11 is 0. The Morgan fingerprint density at radius 3 is 2.91 bits per heavy atom. The van der Waals surface area contributed by atoms with E-state index in [1.807, 2.05) is 0 Å². The van der Waals surface area contributed by atoms with Crippen LogP contribution in [0.15, 0.2) is 0 Å². The number of aliphatic carboxylic acids is 1. The van der Waals surface area contributed by atoms with Crippen molar-refractivity contribution in [1.82, 2.24) is 5.32 Å². The number of hydrogen-bond donors (Lipinski definition) is 2. The molecule has 3 atom stereocenters. The van der Waals surface area contributed by atoms with Gasteiger partial charge in [0.25, 0.3) is 0 Å². The molecule has 1 aliphatic carbocycles. The molecule has 1 heterocycles. The van der Waals surface area contributed by atoms with Crippen molar-refractivity contribution in [2.24, 2.45) is 11.8 Å². The van der Waals surface area contributed by atoms with Gasteiger partial charge < -0.3 is 10.4 Å². The van der Waals surface area contributed by atoms with Crippen LogP contribution in [-0.4, -0.2) is 23.7 Å². The fourth-order valence-corrected chi connectivity index (χ4v) is 2.35. The number of nitrogens with one attached hydrogen (secondary N) is 1. The molecule has 0 aromatic carbocycles. The molecule has 2 fully saturated rings. The summed E-state index contributed by atoms with van der Waals surface area (Å²) in [5.41, 5.74) is 0. The zero-order valence-electron chi connectivity index (χ0n) is 6.42. The maximum atomic E-state index is 10.6. The Bertz CT molecular complexity index is 169. The zero-order valence-corrected chi connectivity index (χ0v) is 6.42. The van der Waals surface area contributed by atoms with Gasteiger partial charge in [0.15, 0.2) is 0 Å². The number of hydrogen-bond acceptors (Lipinski definition) is 2. The Morgan fingerprint density at radius 2 is 2.27 bits per heavy atom. The molecule has 2 N–H and O–H groups in total. The van der Waals surface area contributed by atoms with Crippen molar-refractivity contribution in [3.63, 3.8) is 0 Å². The van der Waals surface area contributed by atoms with Crippen LogP contribution in [0.25, 0.3) is 0 Å². The Labute approximate surface area is 65.8 Å². The second-order valence-corrected chi connectivity index (χ2v) is 3.62. The third-order valence-electron chi connectivity index (χ3n) is 2.97. The maximum absolute atomic E-state index is 10.6. The lowest BCUT2D eigenvalue weighted by Crippen LogP contribution is -2.23. The highest BCUT2D eigenvalue weighted by Crippen LogP contribution is 2.36. The number of carbonyl (C=O) groups is 1. The van der Waals surface area contributed by atoms with Crippen molar-refractivity contribution in [2.45, 2.75) is 25.3 Å². The van der Waals surface area contributed by atoms with E-state index in [1.54, 1.807) is 0 Å². The Kier molecular flexibility index (Phi) is 1.60. The lowest BCUT2D eigenvalue weighted by atomic mass is 10.0. The topological polar surface area (TPSA) is 49.3 Å². The van der Waals surface area contributed by atoms with E-state index in [0.717, 1.165) is 19.4 Å². The van der Waals surface area contributed by atoms with E-state index in [0.29, 0.717) is 12.0 Å². The fourth-order valence-electron chi connectivity index (χ4n) is 2.35. The Hall–Kier alpha value is -0.570. The summed E-state index contributed by atoms with van der Waals surface area (Å²) in [6, 6.07) is 0.510. The molecule has 2 rings (SSSR count). The van der Waals surface area contributed by atoms with Gasteiger partial charge in [-0.15, -0.1) is 0 Å². The summed E-state index contributed by atoms with van der Waals surface area (Å²) in [6.07, 6.45) is 2.92. The monoisotopic (exact) mass is 155 g/mol. The first-order valence-corrected chi connectivity index (χ1v) is 4.23. The molecule has 1 saturated carbocycles. The molecular formula is C8H13NO2. The van der Waals surface area contributed by atoms with Crippen LogP contribution in [-0.2, 0) is 4.79 Å². The van der Waals surface area contributed by atoms with Crippen molar-refractivity contribution < 1.29 is 9.90 Å². The summed E-state index contributed by atoms with van der Waals surface area (Å²) in [5.74, 6) is -0.0323. The molecule has 0 amide bonds. The van der Waals surface area contributed by atoms with Crippen LogP contribution in [0.5, 0.6) is 0 Å². The summed E-state index contributed by atoms with van der Waals surface area (Å²) < 4.78 is 0. The molecule has 11 heavy (non-hydrogen) atoms. The molecule has 1 saturated heterocycles. The smallest absolute Gasteiger partial charge is 0.306 e. The molecule has 0 radical (unpaired) electrons. The van der Waals surface area contributed by atoms with Crippen molar-refractivity contribution in [3.05, 3.63) is 0 Å². The van der Waals surface area contributed by atoms with E-state index in [4.69, 9.17) is 5.11 Å². The van der Waals surface area contributed by atoms with E-state index >= 15 is 0 Å². The minimum absolute atomic E-state index is 0.0715. The van der Waals surface area contributed by atoms with E-state index < -0.39 is 5.97 Å². The summed E-state index contributed by atoms with van der Waals surface area (Å²) in [4.78, 5) is 10.6. The third kappa shape index (κ3) is 1.13. The second-order valence-electron chi connectivity index (χ2n) is 3.62. The van der Waals surface area contributed by atoms with Gasteiger partial charge in [-0.3, -0.25) is 4.79 Å². The van der Waals surface area contributed by atoms with Gasteiger partial charge in [0, 0.05) is 6.04 Å². The van der Waals surface area contributed by atoms with Gasteiger partial charge in [0.1, 0.15) is 0 Å². The van der Waals surface area contributed by atoms with Gasteiger partial charge in [-0.25, -0.2) is 0 Å². The van der Waals surface area contributed by atoms with E-state index in [9.17, 15) is 4.79 Å². The molecule has 0 spiro atoms. The lowest BCUT2D eigenvalue weighted by molar-refractivity contribution is -0.141. The van der Waals surface area contributed by atoms with E-state index in [-0.39, 0.29) is 5.92 Å². The Morgan fingerprint density at radius 1 is 1.45 bits per heavy atom. The molecular weight excluding hydrogens is 142 g/mol.